The molecule has 0 bridgehead atoms. The van der Waals surface area contributed by atoms with Crippen LogP contribution in [0.2, 0.25) is 0 Å². The number of rotatable bonds is 5. The fourth-order valence-corrected chi connectivity index (χ4v) is 2.07. The summed E-state index contributed by atoms with van der Waals surface area (Å²) in [5, 5.41) is 8.73. The molecule has 1 aromatic rings. The lowest BCUT2D eigenvalue weighted by Crippen LogP contribution is -2.36. The van der Waals surface area contributed by atoms with E-state index in [1.54, 1.807) is 0 Å². The van der Waals surface area contributed by atoms with Crippen LogP contribution < -0.4 is 5.73 Å². The van der Waals surface area contributed by atoms with Crippen molar-refractivity contribution in [2.75, 3.05) is 13.6 Å². The summed E-state index contributed by atoms with van der Waals surface area (Å²) in [6, 6.07) is 10.7. The Morgan fingerprint density at radius 3 is 2.47 bits per heavy atom. The van der Waals surface area contributed by atoms with E-state index in [1.807, 2.05) is 26.1 Å². The minimum atomic E-state index is 0.159. The zero-order valence-electron chi connectivity index (χ0n) is 10.2. The Balaban J connectivity index is 2.84. The molecule has 92 valence electrons. The number of hydrogen-bond acceptors (Lipinski definition) is 3. The van der Waals surface area contributed by atoms with Crippen molar-refractivity contribution >= 4 is 15.9 Å². The molecule has 0 amide bonds. The van der Waals surface area contributed by atoms with Crippen LogP contribution in [0.4, 0.5) is 0 Å². The zero-order chi connectivity index (χ0) is 12.8. The van der Waals surface area contributed by atoms with E-state index in [9.17, 15) is 0 Å². The Hall–Kier alpha value is -0.890. The Labute approximate surface area is 111 Å². The molecule has 2 N–H and O–H groups in total. The SMILES string of the molecule is CC(CC#N)N(C)C(CN)c1ccc(Br)cc1. The third kappa shape index (κ3) is 3.81. The van der Waals surface area contributed by atoms with Gasteiger partial charge < -0.3 is 5.73 Å². The summed E-state index contributed by atoms with van der Waals surface area (Å²) in [6.07, 6.45) is 0.517. The monoisotopic (exact) mass is 295 g/mol. The second kappa shape index (κ2) is 6.75. The van der Waals surface area contributed by atoms with Crippen LogP contribution in [-0.2, 0) is 0 Å². The number of hydrogen-bond donors (Lipinski definition) is 1. The molecule has 2 atom stereocenters. The number of nitrogens with two attached hydrogens (primary N) is 1. The molecule has 1 aromatic carbocycles. The van der Waals surface area contributed by atoms with E-state index in [0.29, 0.717) is 13.0 Å². The molecule has 0 saturated heterocycles. The van der Waals surface area contributed by atoms with Gasteiger partial charge in [-0.2, -0.15) is 5.26 Å². The first-order valence-corrected chi connectivity index (χ1v) is 6.43. The second-order valence-corrected chi connectivity index (χ2v) is 5.10. The van der Waals surface area contributed by atoms with Crippen LogP contribution in [0.25, 0.3) is 0 Å². The number of nitriles is 1. The number of halogens is 1. The van der Waals surface area contributed by atoms with Crippen LogP contribution >= 0.6 is 15.9 Å². The molecule has 3 nitrogen and oxygen atoms in total. The van der Waals surface area contributed by atoms with Crippen molar-refractivity contribution in [3.8, 4) is 6.07 Å². The van der Waals surface area contributed by atoms with E-state index in [4.69, 9.17) is 11.0 Å². The minimum absolute atomic E-state index is 0.159. The van der Waals surface area contributed by atoms with Gasteiger partial charge in [-0.3, -0.25) is 4.90 Å². The third-order valence-electron chi connectivity index (χ3n) is 3.05. The standard InChI is InChI=1S/C13H18BrN3/c1-10(7-8-15)17(2)13(9-16)11-3-5-12(14)6-4-11/h3-6,10,13H,7,9,16H2,1-2H3. The lowest BCUT2D eigenvalue weighted by atomic mass is 10.0. The Morgan fingerprint density at radius 2 is 2.00 bits per heavy atom. The van der Waals surface area contributed by atoms with Gasteiger partial charge in [0.1, 0.15) is 0 Å². The van der Waals surface area contributed by atoms with Crippen LogP contribution in [0, 0.1) is 11.3 Å². The Bertz CT molecular complexity index is 383. The van der Waals surface area contributed by atoms with Gasteiger partial charge in [0.2, 0.25) is 0 Å². The summed E-state index contributed by atoms with van der Waals surface area (Å²) in [6.45, 7) is 2.60. The molecular weight excluding hydrogens is 278 g/mol. The highest BCUT2D eigenvalue weighted by molar-refractivity contribution is 9.10. The molecule has 0 heterocycles. The molecule has 1 rings (SSSR count). The first-order valence-electron chi connectivity index (χ1n) is 5.64. The third-order valence-corrected chi connectivity index (χ3v) is 3.58. The van der Waals surface area contributed by atoms with E-state index < -0.39 is 0 Å². The molecule has 2 unspecified atom stereocenters. The minimum Gasteiger partial charge on any atom is -0.329 e. The summed E-state index contributed by atoms with van der Waals surface area (Å²) < 4.78 is 1.06. The van der Waals surface area contributed by atoms with Crippen molar-refractivity contribution in [1.82, 2.24) is 4.90 Å². The van der Waals surface area contributed by atoms with E-state index in [1.165, 1.54) is 5.56 Å². The fourth-order valence-electron chi connectivity index (χ4n) is 1.81. The molecule has 0 radical (unpaired) electrons. The topological polar surface area (TPSA) is 53.0 Å². The molecule has 0 saturated carbocycles. The lowest BCUT2D eigenvalue weighted by Gasteiger charge is -2.31. The normalized spacial score (nSPS) is 14.4. The molecule has 0 aliphatic rings. The highest BCUT2D eigenvalue weighted by Crippen LogP contribution is 2.23. The van der Waals surface area contributed by atoms with E-state index in [0.717, 1.165) is 4.47 Å². The largest absolute Gasteiger partial charge is 0.329 e. The predicted octanol–water partition coefficient (Wildman–Crippen LogP) is 2.68. The van der Waals surface area contributed by atoms with Gasteiger partial charge in [-0.1, -0.05) is 28.1 Å². The predicted molar refractivity (Wildman–Crippen MR) is 73.4 cm³/mol. The van der Waals surface area contributed by atoms with Crippen molar-refractivity contribution in [1.29, 1.82) is 5.26 Å². The maximum Gasteiger partial charge on any atom is 0.0638 e. The van der Waals surface area contributed by atoms with Crippen LogP contribution in [0.3, 0.4) is 0 Å². The molecular formula is C13H18BrN3. The molecule has 0 aromatic heterocycles. The molecule has 0 spiro atoms. The van der Waals surface area contributed by atoms with Crippen LogP contribution in [0.15, 0.2) is 28.7 Å². The van der Waals surface area contributed by atoms with Crippen LogP contribution in [0.1, 0.15) is 24.9 Å². The average Bonchev–Trinajstić information content (AvgIpc) is 2.32. The lowest BCUT2D eigenvalue weighted by molar-refractivity contribution is 0.191. The van der Waals surface area contributed by atoms with Gasteiger partial charge in [0, 0.05) is 23.1 Å². The summed E-state index contributed by atoms with van der Waals surface area (Å²) >= 11 is 3.42. The van der Waals surface area contributed by atoms with Crippen molar-refractivity contribution < 1.29 is 0 Å². The number of nitrogens with zero attached hydrogens (tertiary/aromatic N) is 2. The Kier molecular flexibility index (Phi) is 5.63. The number of benzene rings is 1. The van der Waals surface area contributed by atoms with Crippen molar-refractivity contribution in [2.24, 2.45) is 5.73 Å². The molecule has 17 heavy (non-hydrogen) atoms. The molecule has 4 heteroatoms. The van der Waals surface area contributed by atoms with E-state index >= 15 is 0 Å². The van der Waals surface area contributed by atoms with Crippen LogP contribution in [0.5, 0.6) is 0 Å². The first-order chi connectivity index (χ1) is 8.10. The van der Waals surface area contributed by atoms with Gasteiger partial charge in [-0.15, -0.1) is 0 Å². The summed E-state index contributed by atoms with van der Waals surface area (Å²) in [5.74, 6) is 0. The van der Waals surface area contributed by atoms with Gasteiger partial charge in [-0.05, 0) is 31.7 Å². The summed E-state index contributed by atoms with van der Waals surface area (Å²) in [5.41, 5.74) is 7.02. The van der Waals surface area contributed by atoms with Gasteiger partial charge in [0.15, 0.2) is 0 Å². The number of likely N-dealkylation sites (N-methyl/N-ethyl adjacent to an activating group) is 1. The van der Waals surface area contributed by atoms with Crippen molar-refractivity contribution in [2.45, 2.75) is 25.4 Å². The van der Waals surface area contributed by atoms with Gasteiger partial charge in [0.05, 0.1) is 12.5 Å². The Morgan fingerprint density at radius 1 is 1.41 bits per heavy atom. The quantitative estimate of drug-likeness (QED) is 0.909. The van der Waals surface area contributed by atoms with E-state index in [2.05, 4.69) is 39.0 Å². The molecule has 0 aliphatic carbocycles. The summed E-state index contributed by atoms with van der Waals surface area (Å²) in [7, 11) is 2.02. The molecule has 0 aliphatic heterocycles. The fraction of sp³-hybridized carbons (Fsp3) is 0.462. The van der Waals surface area contributed by atoms with Gasteiger partial charge in [-0.25, -0.2) is 0 Å². The van der Waals surface area contributed by atoms with Crippen molar-refractivity contribution in [3.63, 3.8) is 0 Å². The first kappa shape index (κ1) is 14.2. The zero-order valence-corrected chi connectivity index (χ0v) is 11.8. The maximum atomic E-state index is 8.73. The molecule has 0 fully saturated rings. The smallest absolute Gasteiger partial charge is 0.0638 e. The van der Waals surface area contributed by atoms with Crippen molar-refractivity contribution in [3.05, 3.63) is 34.3 Å². The summed E-state index contributed by atoms with van der Waals surface area (Å²) in [4.78, 5) is 2.16. The van der Waals surface area contributed by atoms with E-state index in [-0.39, 0.29) is 12.1 Å². The highest BCUT2D eigenvalue weighted by Gasteiger charge is 2.19. The highest BCUT2D eigenvalue weighted by atomic mass is 79.9. The maximum absolute atomic E-state index is 8.73. The second-order valence-electron chi connectivity index (χ2n) is 4.18. The van der Waals surface area contributed by atoms with Crippen LogP contribution in [-0.4, -0.2) is 24.5 Å². The average molecular weight is 296 g/mol. The van der Waals surface area contributed by atoms with Gasteiger partial charge in [0.25, 0.3) is 0 Å². The van der Waals surface area contributed by atoms with Gasteiger partial charge >= 0.3 is 0 Å².